The second kappa shape index (κ2) is 8.64. The number of rotatable bonds is 7. The van der Waals surface area contributed by atoms with E-state index in [1.54, 1.807) is 22.1 Å². The van der Waals surface area contributed by atoms with Crippen LogP contribution in [0.5, 0.6) is 0 Å². The number of hydrogen-bond acceptors (Lipinski definition) is 6. The molecule has 31 heavy (non-hydrogen) atoms. The molecule has 0 aliphatic carbocycles. The number of amides is 1. The van der Waals surface area contributed by atoms with Crippen LogP contribution in [-0.4, -0.2) is 22.0 Å². The average molecular weight is 436 g/mol. The van der Waals surface area contributed by atoms with Crippen molar-refractivity contribution < 1.29 is 4.79 Å². The number of aromatic nitrogens is 2. The Bertz CT molecular complexity index is 1130. The van der Waals surface area contributed by atoms with Gasteiger partial charge in [0.15, 0.2) is 5.82 Å². The average Bonchev–Trinajstić information content (AvgIpc) is 3.49. The van der Waals surface area contributed by atoms with Gasteiger partial charge in [-0.25, -0.2) is 4.98 Å². The zero-order valence-electron chi connectivity index (χ0n) is 17.2. The highest BCUT2D eigenvalue weighted by Gasteiger charge is 2.30. The monoisotopic (exact) mass is 435 g/mol. The van der Waals surface area contributed by atoms with Gasteiger partial charge >= 0.3 is 0 Å². The highest BCUT2D eigenvalue weighted by atomic mass is 32.1. The Morgan fingerprint density at radius 2 is 2.13 bits per heavy atom. The quantitative estimate of drug-likeness (QED) is 0.530. The molecule has 2 aliphatic rings. The SMILES string of the molecule is O=C(NCc1cc2c(s1)CNC2)C1CCc2cnc(NCCc3ccccc3)c(=O)n21. The van der Waals surface area contributed by atoms with E-state index < -0.39 is 6.04 Å². The molecular formula is C23H25N5O2S. The number of carbonyl (C=O) groups is 1. The topological polar surface area (TPSA) is 88.1 Å². The summed E-state index contributed by atoms with van der Waals surface area (Å²) < 4.78 is 1.62. The van der Waals surface area contributed by atoms with Crippen molar-refractivity contribution in [1.29, 1.82) is 0 Å². The van der Waals surface area contributed by atoms with Crippen LogP contribution in [0.25, 0.3) is 0 Å². The third kappa shape index (κ3) is 4.13. The van der Waals surface area contributed by atoms with Crippen LogP contribution in [0.15, 0.2) is 47.4 Å². The molecule has 2 aromatic heterocycles. The van der Waals surface area contributed by atoms with Gasteiger partial charge in [0.25, 0.3) is 5.56 Å². The largest absolute Gasteiger partial charge is 0.365 e. The minimum absolute atomic E-state index is 0.103. The van der Waals surface area contributed by atoms with Crippen LogP contribution in [0.1, 0.15) is 39.0 Å². The number of anilines is 1. The molecule has 0 bridgehead atoms. The molecule has 5 rings (SSSR count). The standard InChI is InChI=1S/C23H25N5O2S/c29-22(27-13-18-10-16-11-24-14-20(16)31-18)19-7-6-17-12-26-21(23(30)28(17)19)25-9-8-15-4-2-1-3-5-15/h1-5,10,12,19,24H,6-9,11,13-14H2,(H,25,26)(H,27,29). The van der Waals surface area contributed by atoms with Gasteiger partial charge in [0.2, 0.25) is 5.91 Å². The zero-order chi connectivity index (χ0) is 21.2. The Morgan fingerprint density at radius 3 is 2.97 bits per heavy atom. The molecule has 160 valence electrons. The molecule has 0 spiro atoms. The summed E-state index contributed by atoms with van der Waals surface area (Å²) in [6.07, 6.45) is 3.83. The van der Waals surface area contributed by atoms with Gasteiger partial charge in [-0.15, -0.1) is 11.3 Å². The highest BCUT2D eigenvalue weighted by Crippen LogP contribution is 2.27. The van der Waals surface area contributed by atoms with E-state index in [1.165, 1.54) is 16.0 Å². The lowest BCUT2D eigenvalue weighted by Crippen LogP contribution is -2.36. The molecule has 1 unspecified atom stereocenters. The molecule has 3 N–H and O–H groups in total. The second-order valence-electron chi connectivity index (χ2n) is 7.97. The van der Waals surface area contributed by atoms with E-state index in [-0.39, 0.29) is 11.5 Å². The van der Waals surface area contributed by atoms with Crippen LogP contribution in [0.2, 0.25) is 0 Å². The Balaban J connectivity index is 1.24. The summed E-state index contributed by atoms with van der Waals surface area (Å²) in [5, 5.41) is 9.51. The summed E-state index contributed by atoms with van der Waals surface area (Å²) >= 11 is 1.74. The first-order valence-corrected chi connectivity index (χ1v) is 11.5. The molecule has 0 radical (unpaired) electrons. The van der Waals surface area contributed by atoms with E-state index in [9.17, 15) is 9.59 Å². The summed E-state index contributed by atoms with van der Waals surface area (Å²) in [6.45, 7) is 2.93. The number of aryl methyl sites for hydroxylation is 1. The number of nitrogens with zero attached hydrogens (tertiary/aromatic N) is 2. The predicted octanol–water partition coefficient (Wildman–Crippen LogP) is 2.37. The third-order valence-corrected chi connectivity index (χ3v) is 7.07. The van der Waals surface area contributed by atoms with Crippen molar-refractivity contribution in [2.24, 2.45) is 0 Å². The van der Waals surface area contributed by atoms with Gasteiger partial charge in [-0.2, -0.15) is 0 Å². The number of nitrogens with one attached hydrogen (secondary N) is 3. The van der Waals surface area contributed by atoms with Gasteiger partial charge < -0.3 is 16.0 Å². The summed E-state index contributed by atoms with van der Waals surface area (Å²) in [5.41, 5.74) is 3.13. The Kier molecular flexibility index (Phi) is 5.57. The minimum atomic E-state index is -0.478. The number of carbonyl (C=O) groups excluding carboxylic acids is 1. The predicted molar refractivity (Wildman–Crippen MR) is 121 cm³/mol. The van der Waals surface area contributed by atoms with Crippen molar-refractivity contribution in [2.45, 2.75) is 44.9 Å². The van der Waals surface area contributed by atoms with Crippen molar-refractivity contribution in [3.63, 3.8) is 0 Å². The molecule has 1 amide bonds. The van der Waals surface area contributed by atoms with Crippen LogP contribution >= 0.6 is 11.3 Å². The first kappa shape index (κ1) is 20.0. The molecule has 3 aromatic rings. The number of thiophene rings is 1. The van der Waals surface area contributed by atoms with Crippen LogP contribution in [0.3, 0.4) is 0 Å². The third-order valence-electron chi connectivity index (χ3n) is 5.90. The second-order valence-corrected chi connectivity index (χ2v) is 9.19. The maximum Gasteiger partial charge on any atom is 0.294 e. The van der Waals surface area contributed by atoms with Crippen LogP contribution in [0, 0.1) is 0 Å². The molecule has 2 aliphatic heterocycles. The molecule has 0 saturated heterocycles. The lowest BCUT2D eigenvalue weighted by molar-refractivity contribution is -0.124. The maximum absolute atomic E-state index is 13.0. The molecule has 1 aromatic carbocycles. The fraction of sp³-hybridized carbons (Fsp3) is 0.348. The lowest BCUT2D eigenvalue weighted by atomic mass is 10.1. The van der Waals surface area contributed by atoms with Crippen LogP contribution in [0.4, 0.5) is 5.82 Å². The van der Waals surface area contributed by atoms with E-state index in [4.69, 9.17) is 0 Å². The molecule has 4 heterocycles. The van der Waals surface area contributed by atoms with Crippen molar-refractivity contribution >= 4 is 23.1 Å². The van der Waals surface area contributed by atoms with Gasteiger partial charge in [0.05, 0.1) is 6.54 Å². The Morgan fingerprint density at radius 1 is 1.26 bits per heavy atom. The molecule has 0 saturated carbocycles. The highest BCUT2D eigenvalue weighted by molar-refractivity contribution is 7.12. The van der Waals surface area contributed by atoms with Crippen LogP contribution in [-0.2, 0) is 37.3 Å². The smallest absolute Gasteiger partial charge is 0.294 e. The fourth-order valence-corrected chi connectivity index (χ4v) is 5.40. The molecule has 1 atom stereocenters. The van der Waals surface area contributed by atoms with E-state index in [2.05, 4.69) is 39.1 Å². The minimum Gasteiger partial charge on any atom is -0.365 e. The van der Waals surface area contributed by atoms with Crippen molar-refractivity contribution in [3.05, 3.63) is 79.5 Å². The maximum atomic E-state index is 13.0. The Hall–Kier alpha value is -2.97. The summed E-state index contributed by atoms with van der Waals surface area (Å²) in [7, 11) is 0. The Labute approximate surface area is 184 Å². The first-order chi connectivity index (χ1) is 15.2. The summed E-state index contributed by atoms with van der Waals surface area (Å²) in [4.78, 5) is 32.8. The van der Waals surface area contributed by atoms with E-state index in [0.717, 1.165) is 30.1 Å². The normalized spacial score (nSPS) is 16.7. The first-order valence-electron chi connectivity index (χ1n) is 10.7. The van der Waals surface area contributed by atoms with Gasteiger partial charge in [-0.1, -0.05) is 30.3 Å². The number of benzene rings is 1. The van der Waals surface area contributed by atoms with Crippen molar-refractivity contribution in [2.75, 3.05) is 11.9 Å². The molecular weight excluding hydrogens is 410 g/mol. The molecule has 8 heteroatoms. The van der Waals surface area contributed by atoms with Gasteiger partial charge in [-0.05, 0) is 36.5 Å². The van der Waals surface area contributed by atoms with Crippen LogP contribution < -0.4 is 21.5 Å². The van der Waals surface area contributed by atoms with Crippen molar-refractivity contribution in [1.82, 2.24) is 20.2 Å². The lowest BCUT2D eigenvalue weighted by Gasteiger charge is -2.15. The van der Waals surface area contributed by atoms with E-state index >= 15 is 0 Å². The number of fused-ring (bicyclic) bond motifs is 2. The number of hydrogen-bond donors (Lipinski definition) is 3. The van der Waals surface area contributed by atoms with Crippen molar-refractivity contribution in [3.8, 4) is 0 Å². The zero-order valence-corrected chi connectivity index (χ0v) is 18.0. The fourth-order valence-electron chi connectivity index (χ4n) is 4.30. The van der Waals surface area contributed by atoms with Gasteiger partial charge in [-0.3, -0.25) is 14.2 Å². The summed E-state index contributed by atoms with van der Waals surface area (Å²) in [5.74, 6) is 0.204. The van der Waals surface area contributed by atoms with Gasteiger partial charge in [0.1, 0.15) is 6.04 Å². The summed E-state index contributed by atoms with van der Waals surface area (Å²) in [6, 6.07) is 11.8. The molecule has 7 nitrogen and oxygen atoms in total. The van der Waals surface area contributed by atoms with E-state index in [0.29, 0.717) is 31.7 Å². The molecule has 0 fully saturated rings. The van der Waals surface area contributed by atoms with E-state index in [1.807, 2.05) is 18.2 Å². The van der Waals surface area contributed by atoms with Gasteiger partial charge in [0, 0.05) is 41.3 Å².